The first-order valence-corrected chi connectivity index (χ1v) is 11.6. The van der Waals surface area contributed by atoms with Crippen molar-refractivity contribution < 1.29 is 4.79 Å². The van der Waals surface area contributed by atoms with Gasteiger partial charge in [0.2, 0.25) is 0 Å². The molecule has 0 fully saturated rings. The highest BCUT2D eigenvalue weighted by molar-refractivity contribution is 7.10. The highest BCUT2D eigenvalue weighted by atomic mass is 35.5. The molecule has 0 saturated heterocycles. The minimum atomic E-state index is -0.551. The van der Waals surface area contributed by atoms with E-state index in [0.29, 0.717) is 19.2 Å². The normalized spacial score (nSPS) is 13.3. The molecule has 31 heavy (non-hydrogen) atoms. The van der Waals surface area contributed by atoms with Gasteiger partial charge in [0, 0.05) is 23.0 Å². The summed E-state index contributed by atoms with van der Waals surface area (Å²) in [5.74, 6) is -0.0540. The Labute approximate surface area is 192 Å². The second-order valence-corrected chi connectivity index (χ2v) is 10.6. The van der Waals surface area contributed by atoms with Crippen molar-refractivity contribution in [3.63, 3.8) is 0 Å². The number of carbonyl (C=O) groups is 1. The molecule has 0 aliphatic heterocycles. The van der Waals surface area contributed by atoms with Crippen LogP contribution in [0.15, 0.2) is 47.3 Å². The lowest BCUT2D eigenvalue weighted by Crippen LogP contribution is -2.33. The van der Waals surface area contributed by atoms with E-state index in [1.54, 1.807) is 10.6 Å². The van der Waals surface area contributed by atoms with Crippen molar-refractivity contribution in [2.45, 2.75) is 27.3 Å². The minimum absolute atomic E-state index is 0.0540. The highest BCUT2D eigenvalue weighted by Crippen LogP contribution is 2.20. The van der Waals surface area contributed by atoms with Crippen LogP contribution in [0.2, 0.25) is 4.34 Å². The van der Waals surface area contributed by atoms with E-state index in [4.69, 9.17) is 11.6 Å². The van der Waals surface area contributed by atoms with Crippen LogP contribution in [0, 0.1) is 5.41 Å². The van der Waals surface area contributed by atoms with Gasteiger partial charge in [0.1, 0.15) is 14.7 Å². The zero-order valence-electron chi connectivity index (χ0n) is 17.3. The summed E-state index contributed by atoms with van der Waals surface area (Å²) in [4.78, 5) is 26.0. The van der Waals surface area contributed by atoms with Crippen molar-refractivity contribution in [2.24, 2.45) is 5.41 Å². The number of benzene rings is 2. The molecule has 0 atom stereocenters. The van der Waals surface area contributed by atoms with E-state index in [0.717, 1.165) is 27.9 Å². The molecule has 0 N–H and O–H groups in total. The van der Waals surface area contributed by atoms with Gasteiger partial charge < -0.3 is 0 Å². The van der Waals surface area contributed by atoms with E-state index in [-0.39, 0.29) is 17.9 Å². The fourth-order valence-electron chi connectivity index (χ4n) is 3.08. The molecule has 0 radical (unpaired) electrons. The number of nitrogens with zero attached hydrogens (tertiary/aromatic N) is 3. The first kappa shape index (κ1) is 21.6. The summed E-state index contributed by atoms with van der Waals surface area (Å²) in [6.07, 6.45) is 3.42. The van der Waals surface area contributed by atoms with Gasteiger partial charge in [0.15, 0.2) is 5.78 Å². The van der Waals surface area contributed by atoms with Crippen molar-refractivity contribution in [1.82, 2.24) is 14.2 Å². The zero-order valence-corrected chi connectivity index (χ0v) is 19.6. The number of ketones is 1. The Morgan fingerprint density at radius 2 is 1.90 bits per heavy atom. The quantitative estimate of drug-likeness (QED) is 0.455. The predicted molar refractivity (Wildman–Crippen MR) is 128 cm³/mol. The molecule has 4 rings (SSSR count). The molecule has 2 aromatic carbocycles. The number of hydrogen-bond donors (Lipinski definition) is 0. The number of thiazole rings is 1. The fourth-order valence-corrected chi connectivity index (χ4v) is 4.72. The van der Waals surface area contributed by atoms with Gasteiger partial charge in [0.05, 0.1) is 11.1 Å². The van der Waals surface area contributed by atoms with E-state index >= 15 is 0 Å². The second kappa shape index (κ2) is 8.49. The smallest absolute Gasteiger partial charge is 0.269 e. The third-order valence-corrected chi connectivity index (χ3v) is 6.90. The minimum Gasteiger partial charge on any atom is -0.294 e. The average molecular weight is 470 g/mol. The maximum Gasteiger partial charge on any atom is 0.269 e. The van der Waals surface area contributed by atoms with E-state index in [1.807, 2.05) is 69.3 Å². The molecule has 2 heterocycles. The number of hydrogen-bond acceptors (Lipinski definition) is 6. The van der Waals surface area contributed by atoms with E-state index in [9.17, 15) is 9.59 Å². The third-order valence-electron chi connectivity index (χ3n) is 4.86. The first-order valence-electron chi connectivity index (χ1n) is 9.66. The maximum absolute atomic E-state index is 13.3. The summed E-state index contributed by atoms with van der Waals surface area (Å²) in [6.45, 7) is 5.72. The number of rotatable bonds is 4. The SMILES string of the molecule is CC(C)(C)C(=O)/C=c1\s/c(=C\c2cccc3ccccc23)c(=O)n1Cc1nnsc1Cl. The lowest BCUT2D eigenvalue weighted by Gasteiger charge is -2.12. The Kier molecular flexibility index (Phi) is 5.92. The predicted octanol–water partition coefficient (Wildman–Crippen LogP) is 3.84. The average Bonchev–Trinajstić information content (AvgIpc) is 3.26. The number of halogens is 1. The lowest BCUT2D eigenvalue weighted by atomic mass is 9.91. The van der Waals surface area contributed by atoms with Crippen LogP contribution in [0.25, 0.3) is 22.9 Å². The summed E-state index contributed by atoms with van der Waals surface area (Å²) in [5, 5.41) is 6.19. The van der Waals surface area contributed by atoms with Gasteiger partial charge in [-0.15, -0.1) is 16.4 Å². The molecule has 2 aromatic heterocycles. The third kappa shape index (κ3) is 4.54. The molecule has 0 amide bonds. The summed E-state index contributed by atoms with van der Waals surface area (Å²) < 4.78 is 6.95. The van der Waals surface area contributed by atoms with E-state index < -0.39 is 5.41 Å². The Hall–Kier alpha value is -2.61. The maximum atomic E-state index is 13.3. The van der Waals surface area contributed by atoms with Gasteiger partial charge in [-0.2, -0.15) is 0 Å². The van der Waals surface area contributed by atoms with Crippen molar-refractivity contribution >= 4 is 63.2 Å². The van der Waals surface area contributed by atoms with Crippen molar-refractivity contribution in [3.8, 4) is 0 Å². The Morgan fingerprint density at radius 1 is 1.16 bits per heavy atom. The van der Waals surface area contributed by atoms with Crippen LogP contribution in [0.4, 0.5) is 0 Å². The fraction of sp³-hybridized carbons (Fsp3) is 0.217. The van der Waals surface area contributed by atoms with Crippen LogP contribution >= 0.6 is 34.5 Å². The Morgan fingerprint density at radius 3 is 2.61 bits per heavy atom. The molecule has 158 valence electrons. The summed E-state index contributed by atoms with van der Waals surface area (Å²) in [5.41, 5.74) is 0.728. The van der Waals surface area contributed by atoms with Crippen LogP contribution in [0.5, 0.6) is 0 Å². The molecule has 8 heteroatoms. The van der Waals surface area contributed by atoms with Crippen LogP contribution < -0.4 is 14.8 Å². The summed E-state index contributed by atoms with van der Waals surface area (Å²) >= 11 is 8.54. The van der Waals surface area contributed by atoms with E-state index in [2.05, 4.69) is 9.59 Å². The number of aromatic nitrogens is 3. The van der Waals surface area contributed by atoms with Crippen molar-refractivity contribution in [2.75, 3.05) is 0 Å². The van der Waals surface area contributed by atoms with Crippen molar-refractivity contribution in [1.29, 1.82) is 0 Å². The number of carbonyl (C=O) groups excluding carboxylic acids is 1. The Bertz CT molecular complexity index is 1450. The Balaban J connectivity index is 1.94. The van der Waals surface area contributed by atoms with E-state index in [1.165, 1.54) is 11.3 Å². The summed E-state index contributed by atoms with van der Waals surface area (Å²) in [7, 11) is 0. The molecule has 0 aliphatic carbocycles. The van der Waals surface area contributed by atoms with Crippen LogP contribution in [0.1, 0.15) is 32.0 Å². The first-order chi connectivity index (χ1) is 14.7. The molecule has 0 aliphatic rings. The topological polar surface area (TPSA) is 64.8 Å². The second-order valence-electron chi connectivity index (χ2n) is 8.16. The highest BCUT2D eigenvalue weighted by Gasteiger charge is 2.20. The molecule has 0 bridgehead atoms. The monoisotopic (exact) mass is 469 g/mol. The zero-order chi connectivity index (χ0) is 22.2. The van der Waals surface area contributed by atoms with Crippen LogP contribution in [-0.4, -0.2) is 19.9 Å². The molecule has 0 saturated carbocycles. The molecule has 0 spiro atoms. The van der Waals surface area contributed by atoms with Gasteiger partial charge in [-0.1, -0.05) is 79.3 Å². The van der Waals surface area contributed by atoms with Crippen molar-refractivity contribution in [3.05, 3.63) is 77.6 Å². The molecule has 4 aromatic rings. The molecule has 0 unspecified atom stereocenters. The molecule has 5 nitrogen and oxygen atoms in total. The standard InChI is InChI=1S/C23H20ClN3O2S2/c1-23(2,3)19(28)12-20-27(13-17-21(24)31-26-25-17)22(29)18(30-20)11-15-9-6-8-14-7-4-5-10-16(14)15/h4-12H,13H2,1-3H3/b18-11-,20-12-. The lowest BCUT2D eigenvalue weighted by molar-refractivity contribution is -0.120. The van der Waals surface area contributed by atoms with Gasteiger partial charge in [-0.25, -0.2) is 0 Å². The molecular formula is C23H20ClN3O2S2. The summed E-state index contributed by atoms with van der Waals surface area (Å²) in [6, 6.07) is 14.0. The largest absolute Gasteiger partial charge is 0.294 e. The number of fused-ring (bicyclic) bond motifs is 1. The van der Waals surface area contributed by atoms with Crippen LogP contribution in [-0.2, 0) is 11.3 Å². The van der Waals surface area contributed by atoms with Gasteiger partial charge in [-0.3, -0.25) is 14.2 Å². The number of Topliss-reactive ketones (excluding diaryl/α,β-unsaturated/α-hetero) is 1. The van der Waals surface area contributed by atoms with Gasteiger partial charge >= 0.3 is 0 Å². The van der Waals surface area contributed by atoms with Gasteiger partial charge in [-0.05, 0) is 22.4 Å². The molecular weight excluding hydrogens is 450 g/mol. The van der Waals surface area contributed by atoms with Gasteiger partial charge in [0.25, 0.3) is 5.56 Å². The van der Waals surface area contributed by atoms with Crippen LogP contribution in [0.3, 0.4) is 0 Å².